The summed E-state index contributed by atoms with van der Waals surface area (Å²) in [5, 5.41) is 1.30. The Hall–Kier alpha value is -6.45. The van der Waals surface area contributed by atoms with Crippen molar-refractivity contribution in [3.05, 3.63) is 154 Å². The number of imide groups is 1. The molecule has 0 radical (unpaired) electrons. The number of amides is 2. The summed E-state index contributed by atoms with van der Waals surface area (Å²) in [7, 11) is -4.17. The Morgan fingerprint density at radius 1 is 0.732 bits per heavy atom. The highest BCUT2D eigenvalue weighted by molar-refractivity contribution is 7.86. The molecule has 2 amide bonds. The lowest BCUT2D eigenvalue weighted by molar-refractivity contribution is -0.617. The minimum atomic E-state index is -6.09. The zero-order chi connectivity index (χ0) is 40.5. The van der Waals surface area contributed by atoms with Gasteiger partial charge in [0, 0.05) is 12.1 Å². The van der Waals surface area contributed by atoms with Crippen LogP contribution in [0.25, 0.3) is 21.8 Å². The quantitative estimate of drug-likeness (QED) is 0.0322. The fourth-order valence-corrected chi connectivity index (χ4v) is 6.39. The maximum Gasteiger partial charge on any atom is 0.485 e. The molecule has 15 heteroatoms. The first kappa shape index (κ1) is 39.2. The molecular formula is C41H31F3N2O9S. The molecule has 0 N–H and O–H groups in total. The molecule has 5 aromatic carbocycles. The highest BCUT2D eigenvalue weighted by Crippen LogP contribution is 2.32. The number of fused-ring (bicyclic) bond motifs is 3. The summed E-state index contributed by atoms with van der Waals surface area (Å²) >= 11 is 0. The monoisotopic (exact) mass is 784 g/mol. The molecule has 0 saturated heterocycles. The average Bonchev–Trinajstić information content (AvgIpc) is 3.39. The Labute approximate surface area is 318 Å². The topological polar surface area (TPSA) is 151 Å². The van der Waals surface area contributed by atoms with Gasteiger partial charge >= 0.3 is 17.4 Å². The van der Waals surface area contributed by atoms with E-state index in [0.29, 0.717) is 55.5 Å². The van der Waals surface area contributed by atoms with Crippen molar-refractivity contribution in [1.82, 2.24) is 4.90 Å². The van der Waals surface area contributed by atoms with Crippen molar-refractivity contribution >= 4 is 55.7 Å². The van der Waals surface area contributed by atoms with E-state index in [0.717, 1.165) is 16.6 Å². The van der Waals surface area contributed by atoms with Crippen LogP contribution in [0.5, 0.6) is 5.75 Å². The molecule has 286 valence electrons. The molecule has 1 aliphatic heterocycles. The summed E-state index contributed by atoms with van der Waals surface area (Å²) < 4.78 is 72.5. The van der Waals surface area contributed by atoms with Gasteiger partial charge in [-0.25, -0.2) is 18.0 Å². The number of hydrogen-bond acceptors (Lipinski definition) is 9. The largest absolute Gasteiger partial charge is 0.741 e. The molecule has 0 atom stereocenters. The molecule has 11 nitrogen and oxygen atoms in total. The first-order valence-electron chi connectivity index (χ1n) is 16.8. The predicted molar refractivity (Wildman–Crippen MR) is 195 cm³/mol. The van der Waals surface area contributed by atoms with E-state index in [1.165, 1.54) is 4.90 Å². The Morgan fingerprint density at radius 2 is 1.27 bits per heavy atom. The standard InChI is InChI=1S/C40H31N2O6.CHF3O3S/c1-24-19-28(39(45)47-23-26-11-5-4-6-12-26)20-25(2)36(24)48-40(46)35-31-15-9-10-16-33(31)41(3)34-18-17-27(21-32(34)35)22-42-37(43)29-13-7-8-14-30(29)38(42)44;2-1(3,4)8(5,6)7/h4-21H,22-23H2,1-3H3;(H,5,6,7)/q+1;/p-1. The molecule has 6 aromatic rings. The number of nitrogens with zero attached hydrogens (tertiary/aromatic N) is 2. The van der Waals surface area contributed by atoms with E-state index in [1.54, 1.807) is 50.2 Å². The lowest BCUT2D eigenvalue weighted by atomic mass is 9.99. The van der Waals surface area contributed by atoms with Gasteiger partial charge in [-0.3, -0.25) is 14.5 Å². The molecule has 0 fully saturated rings. The number of carbonyl (C=O) groups excluding carboxylic acids is 4. The highest BCUT2D eigenvalue weighted by Gasteiger charge is 2.37. The van der Waals surface area contributed by atoms with Gasteiger partial charge in [-0.15, -0.1) is 0 Å². The second-order valence-corrected chi connectivity index (χ2v) is 14.2. The predicted octanol–water partition coefficient (Wildman–Crippen LogP) is 6.86. The van der Waals surface area contributed by atoms with Crippen LogP contribution >= 0.6 is 0 Å². The van der Waals surface area contributed by atoms with Crippen molar-refractivity contribution < 1.29 is 59.4 Å². The minimum Gasteiger partial charge on any atom is -0.741 e. The van der Waals surface area contributed by atoms with E-state index < -0.39 is 27.6 Å². The van der Waals surface area contributed by atoms with Crippen molar-refractivity contribution in [3.63, 3.8) is 0 Å². The summed E-state index contributed by atoms with van der Waals surface area (Å²) in [4.78, 5) is 54.5. The number of ether oxygens (including phenoxy) is 2. The van der Waals surface area contributed by atoms with Crippen LogP contribution in [-0.2, 0) is 35.1 Å². The SMILES string of the molecule is Cc1cc(C(=O)OCc2ccccc2)cc(C)c1OC(=O)c1c2ccccc2[n+](C)c2ccc(CN3C(=O)c4ccccc4C3=O)cc12.O=S(=O)([O-])C(F)(F)F. The van der Waals surface area contributed by atoms with E-state index in [4.69, 9.17) is 22.4 Å². The summed E-state index contributed by atoms with van der Waals surface area (Å²) in [6.45, 7) is 3.76. The normalized spacial score (nSPS) is 12.7. The molecule has 0 bridgehead atoms. The summed E-state index contributed by atoms with van der Waals surface area (Å²) in [6.07, 6.45) is 0. The fourth-order valence-electron chi connectivity index (χ4n) is 6.39. The van der Waals surface area contributed by atoms with Crippen LogP contribution in [0.15, 0.2) is 109 Å². The van der Waals surface area contributed by atoms with Crippen LogP contribution in [0.1, 0.15) is 63.7 Å². The molecule has 2 heterocycles. The van der Waals surface area contributed by atoms with Gasteiger partial charge in [0.2, 0.25) is 11.0 Å². The Kier molecular flexibility index (Phi) is 10.8. The van der Waals surface area contributed by atoms with E-state index in [2.05, 4.69) is 0 Å². The first-order valence-corrected chi connectivity index (χ1v) is 18.2. The third-order valence-corrected chi connectivity index (χ3v) is 9.60. The van der Waals surface area contributed by atoms with Crippen molar-refractivity contribution in [2.24, 2.45) is 7.05 Å². The van der Waals surface area contributed by atoms with E-state index in [9.17, 15) is 32.3 Å². The van der Waals surface area contributed by atoms with Crippen molar-refractivity contribution in [3.8, 4) is 5.75 Å². The lowest BCUT2D eigenvalue weighted by Crippen LogP contribution is -2.32. The smallest absolute Gasteiger partial charge is 0.485 e. The molecule has 1 aliphatic rings. The van der Waals surface area contributed by atoms with Crippen LogP contribution in [0.4, 0.5) is 13.2 Å². The van der Waals surface area contributed by atoms with Gasteiger partial charge in [-0.05, 0) is 72.5 Å². The molecule has 0 aliphatic carbocycles. The average molecular weight is 785 g/mol. The number of aromatic nitrogens is 1. The molecule has 0 saturated carbocycles. The Bertz CT molecular complexity index is 2620. The van der Waals surface area contributed by atoms with Gasteiger partial charge in [0.15, 0.2) is 10.1 Å². The van der Waals surface area contributed by atoms with Gasteiger partial charge < -0.3 is 14.0 Å². The zero-order valence-corrected chi connectivity index (χ0v) is 30.7. The van der Waals surface area contributed by atoms with Gasteiger partial charge in [0.1, 0.15) is 19.4 Å². The molecule has 0 unspecified atom stereocenters. The highest BCUT2D eigenvalue weighted by atomic mass is 32.2. The summed E-state index contributed by atoms with van der Waals surface area (Å²) in [5.41, 5.74) is 0.220. The number of hydrogen-bond donors (Lipinski definition) is 0. The second-order valence-electron chi connectivity index (χ2n) is 12.8. The molecule has 1 aromatic heterocycles. The van der Waals surface area contributed by atoms with E-state index in [-0.39, 0.29) is 25.0 Å². The number of para-hydroxylation sites is 1. The number of esters is 2. The van der Waals surface area contributed by atoms with Crippen molar-refractivity contribution in [1.29, 1.82) is 0 Å². The third-order valence-electron chi connectivity index (χ3n) is 9.04. The number of halogens is 3. The number of alkyl halides is 3. The van der Waals surface area contributed by atoms with Crippen LogP contribution in [-0.4, -0.2) is 47.1 Å². The second kappa shape index (κ2) is 15.4. The Morgan fingerprint density at radius 3 is 1.86 bits per heavy atom. The number of carbonyl (C=O) groups is 4. The van der Waals surface area contributed by atoms with Gasteiger partial charge in [-0.2, -0.15) is 17.7 Å². The van der Waals surface area contributed by atoms with Gasteiger partial charge in [0.05, 0.1) is 39.6 Å². The number of aryl methyl sites for hydroxylation is 3. The van der Waals surface area contributed by atoms with Gasteiger partial charge in [-0.1, -0.05) is 60.7 Å². The molecule has 0 spiro atoms. The van der Waals surface area contributed by atoms with E-state index >= 15 is 0 Å². The molecule has 56 heavy (non-hydrogen) atoms. The van der Waals surface area contributed by atoms with E-state index in [1.807, 2.05) is 84.4 Å². The molecule has 7 rings (SSSR count). The first-order chi connectivity index (χ1) is 26.5. The van der Waals surface area contributed by atoms with Crippen LogP contribution in [0, 0.1) is 13.8 Å². The zero-order valence-electron chi connectivity index (χ0n) is 29.9. The number of rotatable bonds is 7. The van der Waals surface area contributed by atoms with Crippen molar-refractivity contribution in [2.75, 3.05) is 0 Å². The van der Waals surface area contributed by atoms with Crippen LogP contribution in [0.2, 0.25) is 0 Å². The maximum atomic E-state index is 14.2. The van der Waals surface area contributed by atoms with Crippen LogP contribution in [0.3, 0.4) is 0 Å². The lowest BCUT2D eigenvalue weighted by Gasteiger charge is -2.16. The minimum absolute atomic E-state index is 0.0490. The summed E-state index contributed by atoms with van der Waals surface area (Å²) in [6, 6.07) is 32.7. The number of pyridine rings is 1. The Balaban J connectivity index is 0.000000601. The maximum absolute atomic E-state index is 14.2. The fraction of sp³-hybridized carbons (Fsp3) is 0.146. The van der Waals surface area contributed by atoms with Gasteiger partial charge in [0.25, 0.3) is 11.8 Å². The van der Waals surface area contributed by atoms with Crippen LogP contribution < -0.4 is 9.30 Å². The summed E-state index contributed by atoms with van der Waals surface area (Å²) in [5.74, 6) is -1.39. The number of benzene rings is 5. The molecular weight excluding hydrogens is 754 g/mol. The third kappa shape index (κ3) is 7.85. The van der Waals surface area contributed by atoms with Crippen molar-refractivity contribution in [2.45, 2.75) is 32.5 Å².